The number of thiophene rings is 1. The lowest BCUT2D eigenvalue weighted by Gasteiger charge is -2.04. The Kier molecular flexibility index (Phi) is 3.02. The number of fused-ring (bicyclic) bond motifs is 1. The van der Waals surface area contributed by atoms with Gasteiger partial charge in [0, 0.05) is 27.4 Å². The van der Waals surface area contributed by atoms with Crippen molar-refractivity contribution >= 4 is 21.4 Å². The van der Waals surface area contributed by atoms with Crippen LogP contribution in [0.4, 0.5) is 0 Å². The topological polar surface area (TPSA) is 12.9 Å². The van der Waals surface area contributed by atoms with E-state index in [2.05, 4.69) is 58.9 Å². The van der Waals surface area contributed by atoms with Crippen molar-refractivity contribution in [2.24, 2.45) is 0 Å². The maximum atomic E-state index is 4.44. The summed E-state index contributed by atoms with van der Waals surface area (Å²) in [6.07, 6.45) is 1.84. The largest absolute Gasteiger partial charge is 0.256 e. The van der Waals surface area contributed by atoms with Crippen LogP contribution in [0, 0.1) is 0 Å². The molecule has 1 nitrogen and oxygen atoms in total. The van der Waals surface area contributed by atoms with Gasteiger partial charge in [-0.15, -0.1) is 11.3 Å². The first-order valence-corrected chi connectivity index (χ1v) is 7.78. The Bertz CT molecular complexity index is 894. The average molecular weight is 287 g/mol. The molecule has 0 spiro atoms. The first-order chi connectivity index (χ1) is 10.4. The summed E-state index contributed by atoms with van der Waals surface area (Å²) >= 11 is 1.79. The molecule has 0 bridgehead atoms. The zero-order valence-electron chi connectivity index (χ0n) is 11.4. The van der Waals surface area contributed by atoms with E-state index in [9.17, 15) is 0 Å². The molecule has 0 N–H and O–H groups in total. The first-order valence-electron chi connectivity index (χ1n) is 6.90. The Morgan fingerprint density at radius 3 is 2.52 bits per heavy atom. The van der Waals surface area contributed by atoms with Crippen LogP contribution in [0.15, 0.2) is 78.3 Å². The summed E-state index contributed by atoms with van der Waals surface area (Å²) in [5.74, 6) is 0. The quantitative estimate of drug-likeness (QED) is 0.465. The second kappa shape index (κ2) is 5.15. The maximum absolute atomic E-state index is 4.44. The van der Waals surface area contributed by atoms with Gasteiger partial charge in [-0.25, -0.2) is 0 Å². The molecule has 0 saturated carbocycles. The monoisotopic (exact) mass is 287 g/mol. The minimum absolute atomic E-state index is 1.01. The highest BCUT2D eigenvalue weighted by Gasteiger charge is 2.07. The predicted octanol–water partition coefficient (Wildman–Crippen LogP) is 5.63. The second-order valence-corrected chi connectivity index (χ2v) is 5.85. The number of nitrogens with zero attached hydrogens (tertiary/aromatic N) is 1. The van der Waals surface area contributed by atoms with Gasteiger partial charge in [0.05, 0.1) is 5.69 Å². The van der Waals surface area contributed by atoms with Crippen LogP contribution >= 0.6 is 11.3 Å². The molecular weight excluding hydrogens is 274 g/mol. The predicted molar refractivity (Wildman–Crippen MR) is 90.5 cm³/mol. The van der Waals surface area contributed by atoms with Crippen molar-refractivity contribution in [3.63, 3.8) is 0 Å². The molecular formula is C19H13NS. The lowest BCUT2D eigenvalue weighted by molar-refractivity contribution is 1.33. The van der Waals surface area contributed by atoms with Crippen LogP contribution in [0.5, 0.6) is 0 Å². The van der Waals surface area contributed by atoms with Crippen LogP contribution < -0.4 is 0 Å². The molecule has 2 heterocycles. The number of rotatable bonds is 2. The van der Waals surface area contributed by atoms with Crippen LogP contribution in [0.2, 0.25) is 0 Å². The van der Waals surface area contributed by atoms with Crippen molar-refractivity contribution in [1.29, 1.82) is 0 Å². The van der Waals surface area contributed by atoms with Gasteiger partial charge in [0.15, 0.2) is 0 Å². The number of benzene rings is 2. The van der Waals surface area contributed by atoms with Gasteiger partial charge in [0.25, 0.3) is 0 Å². The van der Waals surface area contributed by atoms with Crippen molar-refractivity contribution < 1.29 is 0 Å². The Labute approximate surface area is 127 Å². The van der Waals surface area contributed by atoms with Crippen molar-refractivity contribution in [1.82, 2.24) is 4.98 Å². The second-order valence-electron chi connectivity index (χ2n) is 4.94. The molecule has 0 fully saturated rings. The van der Waals surface area contributed by atoms with Crippen LogP contribution in [0.1, 0.15) is 0 Å². The van der Waals surface area contributed by atoms with E-state index in [1.807, 2.05) is 24.4 Å². The molecule has 0 unspecified atom stereocenters. The van der Waals surface area contributed by atoms with Gasteiger partial charge in [-0.2, -0.15) is 0 Å². The third kappa shape index (κ3) is 2.24. The highest BCUT2D eigenvalue weighted by molar-refractivity contribution is 7.17. The van der Waals surface area contributed by atoms with Crippen molar-refractivity contribution in [3.8, 4) is 22.4 Å². The lowest BCUT2D eigenvalue weighted by Crippen LogP contribution is -1.83. The normalized spacial score (nSPS) is 10.9. The summed E-state index contributed by atoms with van der Waals surface area (Å²) in [6, 6.07) is 23.2. The SMILES string of the molecule is c1ccc(-c2cccc(-c3csc4ccccc34)c2)nc1. The van der Waals surface area contributed by atoms with E-state index in [1.54, 1.807) is 11.3 Å². The van der Waals surface area contributed by atoms with Crippen LogP contribution in [-0.2, 0) is 0 Å². The summed E-state index contributed by atoms with van der Waals surface area (Å²) in [7, 11) is 0. The molecule has 0 radical (unpaired) electrons. The van der Waals surface area contributed by atoms with Gasteiger partial charge in [-0.1, -0.05) is 42.5 Å². The molecule has 0 saturated heterocycles. The van der Waals surface area contributed by atoms with E-state index >= 15 is 0 Å². The van der Waals surface area contributed by atoms with E-state index in [-0.39, 0.29) is 0 Å². The van der Waals surface area contributed by atoms with Crippen molar-refractivity contribution in [2.75, 3.05) is 0 Å². The van der Waals surface area contributed by atoms with Gasteiger partial charge in [-0.05, 0) is 35.2 Å². The van der Waals surface area contributed by atoms with Gasteiger partial charge in [-0.3, -0.25) is 4.98 Å². The molecule has 0 aliphatic carbocycles. The number of pyridine rings is 1. The minimum atomic E-state index is 1.01. The molecule has 2 aromatic carbocycles. The number of hydrogen-bond donors (Lipinski definition) is 0. The fourth-order valence-electron chi connectivity index (χ4n) is 2.58. The van der Waals surface area contributed by atoms with E-state index in [0.29, 0.717) is 0 Å². The molecule has 4 aromatic rings. The summed E-state index contributed by atoms with van der Waals surface area (Å²) in [4.78, 5) is 4.44. The van der Waals surface area contributed by atoms with Gasteiger partial charge < -0.3 is 0 Å². The van der Waals surface area contributed by atoms with Crippen molar-refractivity contribution in [2.45, 2.75) is 0 Å². The first kappa shape index (κ1) is 12.3. The van der Waals surface area contributed by atoms with Crippen LogP contribution in [0.3, 0.4) is 0 Å². The van der Waals surface area contributed by atoms with Gasteiger partial charge in [0.1, 0.15) is 0 Å². The standard InChI is InChI=1S/C19H13NS/c1-2-10-19-16(8-1)17(13-21-19)14-6-5-7-15(12-14)18-9-3-4-11-20-18/h1-13H. The third-order valence-electron chi connectivity index (χ3n) is 3.62. The average Bonchev–Trinajstić information content (AvgIpc) is 3.00. The molecule has 0 atom stereocenters. The maximum Gasteiger partial charge on any atom is 0.0702 e. The Balaban J connectivity index is 1.87. The molecule has 100 valence electrons. The molecule has 0 aliphatic rings. The van der Waals surface area contributed by atoms with E-state index < -0.39 is 0 Å². The zero-order chi connectivity index (χ0) is 14.1. The smallest absolute Gasteiger partial charge is 0.0702 e. The Morgan fingerprint density at radius 2 is 1.62 bits per heavy atom. The number of aromatic nitrogens is 1. The summed E-state index contributed by atoms with van der Waals surface area (Å²) in [5, 5.41) is 3.56. The van der Waals surface area contributed by atoms with E-state index in [4.69, 9.17) is 0 Å². The van der Waals surface area contributed by atoms with Gasteiger partial charge >= 0.3 is 0 Å². The fraction of sp³-hybridized carbons (Fsp3) is 0. The minimum Gasteiger partial charge on any atom is -0.256 e. The molecule has 0 aliphatic heterocycles. The molecule has 2 heteroatoms. The molecule has 21 heavy (non-hydrogen) atoms. The fourth-order valence-corrected chi connectivity index (χ4v) is 3.55. The molecule has 4 rings (SSSR count). The number of hydrogen-bond acceptors (Lipinski definition) is 2. The van der Waals surface area contributed by atoms with E-state index in [1.165, 1.54) is 21.2 Å². The summed E-state index contributed by atoms with van der Waals surface area (Å²) in [6.45, 7) is 0. The zero-order valence-corrected chi connectivity index (χ0v) is 12.2. The van der Waals surface area contributed by atoms with Crippen LogP contribution in [0.25, 0.3) is 32.5 Å². The third-order valence-corrected chi connectivity index (χ3v) is 4.58. The summed E-state index contributed by atoms with van der Waals surface area (Å²) in [5.41, 5.74) is 4.71. The highest BCUT2D eigenvalue weighted by atomic mass is 32.1. The van der Waals surface area contributed by atoms with Crippen molar-refractivity contribution in [3.05, 3.63) is 78.3 Å². The van der Waals surface area contributed by atoms with Gasteiger partial charge in [0.2, 0.25) is 0 Å². The lowest BCUT2D eigenvalue weighted by atomic mass is 10.0. The summed E-state index contributed by atoms with van der Waals surface area (Å²) < 4.78 is 1.33. The molecule has 0 amide bonds. The highest BCUT2D eigenvalue weighted by Crippen LogP contribution is 2.35. The Hall–Kier alpha value is -2.45. The Morgan fingerprint density at radius 1 is 0.762 bits per heavy atom. The van der Waals surface area contributed by atoms with E-state index in [0.717, 1.165) is 11.3 Å². The molecule has 2 aromatic heterocycles. The van der Waals surface area contributed by atoms with Crippen LogP contribution in [-0.4, -0.2) is 4.98 Å².